The number of unbranched alkanes of at least 4 members (excludes halogenated alkanes) is 2. The fourth-order valence-corrected chi connectivity index (χ4v) is 4.29. The number of ether oxygens (including phenoxy) is 7. The van der Waals surface area contributed by atoms with Crippen molar-refractivity contribution in [2.24, 2.45) is 0 Å². The van der Waals surface area contributed by atoms with Gasteiger partial charge in [-0.15, -0.1) is 0 Å². The van der Waals surface area contributed by atoms with E-state index in [1.165, 1.54) is 12.8 Å². The van der Waals surface area contributed by atoms with E-state index in [-0.39, 0.29) is 24.4 Å². The summed E-state index contributed by atoms with van der Waals surface area (Å²) in [5.74, 6) is -0.454. The summed E-state index contributed by atoms with van der Waals surface area (Å²) in [5.41, 5.74) is 1.06. The summed E-state index contributed by atoms with van der Waals surface area (Å²) in [4.78, 5) is 0. The van der Waals surface area contributed by atoms with E-state index in [0.29, 0.717) is 13.2 Å². The van der Waals surface area contributed by atoms with Crippen LogP contribution in [0.1, 0.15) is 59.4 Å². The maximum absolute atomic E-state index is 6.34. The fraction of sp³-hybridized carbons (Fsp3) is 0.750. The van der Waals surface area contributed by atoms with Gasteiger partial charge in [0.2, 0.25) is 0 Å². The minimum absolute atomic E-state index is 0.236. The van der Waals surface area contributed by atoms with Crippen molar-refractivity contribution in [2.75, 3.05) is 13.2 Å². The molecule has 1 aromatic carbocycles. The molecule has 0 spiro atoms. The minimum atomic E-state index is -0.703. The lowest BCUT2D eigenvalue weighted by Gasteiger charge is -2.29. The Kier molecular flexibility index (Phi) is 6.91. The van der Waals surface area contributed by atoms with E-state index in [0.717, 1.165) is 24.3 Å². The highest BCUT2D eigenvalue weighted by Gasteiger charge is 2.58. The highest BCUT2D eigenvalue weighted by atomic mass is 16.8. The molecule has 3 aliphatic rings. The van der Waals surface area contributed by atoms with Crippen molar-refractivity contribution < 1.29 is 33.2 Å². The summed E-state index contributed by atoms with van der Waals surface area (Å²) in [5, 5.41) is 0. The smallest absolute Gasteiger partial charge is 0.190 e. The van der Waals surface area contributed by atoms with Crippen LogP contribution in [0.15, 0.2) is 24.3 Å². The summed E-state index contributed by atoms with van der Waals surface area (Å²) in [6.07, 6.45) is 1.79. The second-order valence-corrected chi connectivity index (χ2v) is 9.41. The lowest BCUT2D eigenvalue weighted by Crippen LogP contribution is -2.44. The highest BCUT2D eigenvalue weighted by Crippen LogP contribution is 2.42. The monoisotopic (exact) mass is 436 g/mol. The van der Waals surface area contributed by atoms with Gasteiger partial charge in [0.05, 0.1) is 19.8 Å². The fourth-order valence-electron chi connectivity index (χ4n) is 4.29. The van der Waals surface area contributed by atoms with Gasteiger partial charge in [0.25, 0.3) is 0 Å². The number of hydrogen-bond acceptors (Lipinski definition) is 7. The van der Waals surface area contributed by atoms with Gasteiger partial charge in [0, 0.05) is 0 Å². The molecule has 4 rings (SSSR count). The summed E-state index contributed by atoms with van der Waals surface area (Å²) in [6.45, 7) is 11.4. The molecule has 3 aliphatic heterocycles. The second-order valence-electron chi connectivity index (χ2n) is 9.41. The van der Waals surface area contributed by atoms with Crippen molar-refractivity contribution in [2.45, 2.75) is 103 Å². The average molecular weight is 437 g/mol. The normalized spacial score (nSPS) is 33.5. The van der Waals surface area contributed by atoms with Crippen LogP contribution in [-0.4, -0.2) is 55.5 Å². The van der Waals surface area contributed by atoms with Gasteiger partial charge in [-0.2, -0.15) is 0 Å². The Morgan fingerprint density at radius 2 is 1.71 bits per heavy atom. The van der Waals surface area contributed by atoms with Crippen molar-refractivity contribution >= 4 is 0 Å². The van der Waals surface area contributed by atoms with E-state index in [9.17, 15) is 0 Å². The molecule has 0 amide bonds. The Morgan fingerprint density at radius 3 is 2.39 bits per heavy atom. The molecule has 0 bridgehead atoms. The van der Waals surface area contributed by atoms with Crippen LogP contribution in [0.2, 0.25) is 0 Å². The zero-order chi connectivity index (χ0) is 22.1. The molecule has 0 aromatic heterocycles. The number of hydrogen-bond donors (Lipinski definition) is 0. The molecular weight excluding hydrogens is 400 g/mol. The maximum atomic E-state index is 6.34. The van der Waals surface area contributed by atoms with Crippen LogP contribution in [0.25, 0.3) is 0 Å². The van der Waals surface area contributed by atoms with Gasteiger partial charge >= 0.3 is 0 Å². The van der Waals surface area contributed by atoms with Crippen molar-refractivity contribution in [3.8, 4) is 5.75 Å². The van der Waals surface area contributed by atoms with Crippen LogP contribution in [0.5, 0.6) is 5.75 Å². The second kappa shape index (κ2) is 9.33. The Hall–Kier alpha value is -1.22. The maximum Gasteiger partial charge on any atom is 0.190 e. The van der Waals surface area contributed by atoms with Crippen molar-refractivity contribution in [3.63, 3.8) is 0 Å². The van der Waals surface area contributed by atoms with Crippen LogP contribution in [0, 0.1) is 0 Å². The SMILES string of the molecule is CCCCCOc1ccc(CO[C@@H]2[C@H]3OC(C)(C)O[C@H]3O[C@@H]2[C@H]2COC(C)(C)O2)cc1. The van der Waals surface area contributed by atoms with Crippen LogP contribution >= 0.6 is 0 Å². The van der Waals surface area contributed by atoms with Crippen LogP contribution in [0.3, 0.4) is 0 Å². The molecule has 0 saturated carbocycles. The first-order valence-corrected chi connectivity index (χ1v) is 11.4. The van der Waals surface area contributed by atoms with Gasteiger partial charge in [-0.1, -0.05) is 31.9 Å². The molecule has 1 aromatic rings. The molecule has 0 radical (unpaired) electrons. The van der Waals surface area contributed by atoms with Gasteiger partial charge in [-0.3, -0.25) is 0 Å². The summed E-state index contributed by atoms with van der Waals surface area (Å²) in [7, 11) is 0. The molecule has 3 saturated heterocycles. The zero-order valence-corrected chi connectivity index (χ0v) is 19.3. The van der Waals surface area contributed by atoms with E-state index in [2.05, 4.69) is 6.92 Å². The average Bonchev–Trinajstić information content (AvgIpc) is 3.33. The van der Waals surface area contributed by atoms with Gasteiger partial charge in [0.1, 0.15) is 30.2 Å². The standard InChI is InChI=1S/C24H36O7/c1-6-7-8-13-25-17-11-9-16(10-12-17)14-26-20-19(18-15-27-23(2,3)29-18)28-22-21(20)30-24(4,5)31-22/h9-12,18-22H,6-8,13-15H2,1-5H3/t18-,19-,20+,21-,22-/m1/s1. The van der Waals surface area contributed by atoms with Gasteiger partial charge in [0.15, 0.2) is 17.9 Å². The third kappa shape index (κ3) is 5.59. The first-order chi connectivity index (χ1) is 14.8. The van der Waals surface area contributed by atoms with Crippen LogP contribution < -0.4 is 4.74 Å². The lowest BCUT2D eigenvalue weighted by atomic mass is 10.1. The first kappa shape index (κ1) is 23.0. The van der Waals surface area contributed by atoms with Gasteiger partial charge < -0.3 is 33.2 Å². The molecular formula is C24H36O7. The molecule has 7 nitrogen and oxygen atoms in total. The predicted molar refractivity (Wildman–Crippen MR) is 114 cm³/mol. The largest absolute Gasteiger partial charge is 0.494 e. The molecule has 5 atom stereocenters. The number of rotatable bonds is 9. The molecule has 0 unspecified atom stereocenters. The van der Waals surface area contributed by atoms with Gasteiger partial charge in [-0.25, -0.2) is 0 Å². The molecule has 7 heteroatoms. The molecule has 174 valence electrons. The first-order valence-electron chi connectivity index (χ1n) is 11.4. The summed E-state index contributed by atoms with van der Waals surface area (Å²) >= 11 is 0. The molecule has 0 N–H and O–H groups in total. The van der Waals surface area contributed by atoms with Crippen LogP contribution in [0.4, 0.5) is 0 Å². The van der Waals surface area contributed by atoms with E-state index >= 15 is 0 Å². The molecule has 0 aliphatic carbocycles. The Morgan fingerprint density at radius 1 is 0.935 bits per heavy atom. The zero-order valence-electron chi connectivity index (χ0n) is 19.3. The minimum Gasteiger partial charge on any atom is -0.494 e. The van der Waals surface area contributed by atoms with Crippen LogP contribution in [-0.2, 0) is 35.0 Å². The molecule has 31 heavy (non-hydrogen) atoms. The van der Waals surface area contributed by atoms with E-state index in [1.807, 2.05) is 52.0 Å². The predicted octanol–water partition coefficient (Wildman–Crippen LogP) is 4.17. The quantitative estimate of drug-likeness (QED) is 0.538. The van der Waals surface area contributed by atoms with E-state index in [1.54, 1.807) is 0 Å². The van der Waals surface area contributed by atoms with Crippen molar-refractivity contribution in [1.82, 2.24) is 0 Å². The molecule has 3 heterocycles. The number of fused-ring (bicyclic) bond motifs is 1. The third-order valence-corrected chi connectivity index (χ3v) is 5.81. The Balaban J connectivity index is 1.37. The third-order valence-electron chi connectivity index (χ3n) is 5.81. The highest BCUT2D eigenvalue weighted by molar-refractivity contribution is 5.26. The summed E-state index contributed by atoms with van der Waals surface area (Å²) in [6, 6.07) is 8.05. The van der Waals surface area contributed by atoms with E-state index < -0.39 is 17.9 Å². The topological polar surface area (TPSA) is 64.6 Å². The van der Waals surface area contributed by atoms with E-state index in [4.69, 9.17) is 33.2 Å². The number of benzene rings is 1. The summed E-state index contributed by atoms with van der Waals surface area (Å²) < 4.78 is 42.2. The van der Waals surface area contributed by atoms with Crippen molar-refractivity contribution in [3.05, 3.63) is 29.8 Å². The lowest BCUT2D eigenvalue weighted by molar-refractivity contribution is -0.236. The van der Waals surface area contributed by atoms with Gasteiger partial charge in [-0.05, 0) is 51.8 Å². The Bertz CT molecular complexity index is 717. The molecule has 3 fully saturated rings. The Labute approximate surface area is 185 Å². The van der Waals surface area contributed by atoms with Crippen molar-refractivity contribution in [1.29, 1.82) is 0 Å².